The number of carbonyl (C=O) groups is 3. The molecule has 24 heavy (non-hydrogen) atoms. The fraction of sp³-hybridized carbons (Fsp3) is 0.562. The van der Waals surface area contributed by atoms with Gasteiger partial charge in [0, 0.05) is 11.3 Å². The molecule has 2 rings (SSSR count). The molecule has 1 aromatic rings. The number of aliphatic carboxylic acids is 1. The molecule has 0 aliphatic carbocycles. The van der Waals surface area contributed by atoms with Gasteiger partial charge in [-0.1, -0.05) is 13.8 Å². The van der Waals surface area contributed by atoms with E-state index in [0.717, 1.165) is 16.9 Å². The van der Waals surface area contributed by atoms with Crippen LogP contribution in [0.25, 0.3) is 0 Å². The number of carboxylic acids is 1. The summed E-state index contributed by atoms with van der Waals surface area (Å²) in [5.74, 6) is -1.78. The monoisotopic (exact) mass is 354 g/mol. The summed E-state index contributed by atoms with van der Waals surface area (Å²) in [4.78, 5) is 36.8. The maximum absolute atomic E-state index is 12.1. The number of carbonyl (C=O) groups excluding carboxylic acids is 2. The third-order valence-corrected chi connectivity index (χ3v) is 4.84. The van der Waals surface area contributed by atoms with Gasteiger partial charge in [0.2, 0.25) is 5.91 Å². The highest BCUT2D eigenvalue weighted by Gasteiger charge is 2.22. The molecule has 7 nitrogen and oxygen atoms in total. The van der Waals surface area contributed by atoms with Crippen LogP contribution in [0.5, 0.6) is 0 Å². The molecule has 0 fully saturated rings. The van der Waals surface area contributed by atoms with Crippen molar-refractivity contribution in [2.45, 2.75) is 39.3 Å². The standard InChI is InChI=1S/C16H22N2O5S/c1-9(2)5-11(16(21)22)18-14(19)7-17-15(20)13-6-10-8-23-4-3-12(10)24-13/h6,9,11H,3-5,7-8H2,1-2H3,(H,17,20)(H,18,19)(H,21,22)/t11-/m0/s1. The SMILES string of the molecule is CC(C)C[C@H](NC(=O)CNC(=O)c1cc2c(s1)CCOC2)C(=O)O. The Bertz CT molecular complexity index is 602. The lowest BCUT2D eigenvalue weighted by atomic mass is 10.0. The molecule has 8 heteroatoms. The first-order chi connectivity index (χ1) is 11.4. The first-order valence-corrected chi connectivity index (χ1v) is 8.68. The van der Waals surface area contributed by atoms with Crippen LogP contribution in [-0.2, 0) is 27.4 Å². The van der Waals surface area contributed by atoms with E-state index in [1.165, 1.54) is 11.3 Å². The number of amides is 2. The molecule has 132 valence electrons. The maximum atomic E-state index is 12.1. The number of nitrogens with one attached hydrogen (secondary N) is 2. The smallest absolute Gasteiger partial charge is 0.326 e. The van der Waals surface area contributed by atoms with E-state index >= 15 is 0 Å². The van der Waals surface area contributed by atoms with Crippen LogP contribution in [0.3, 0.4) is 0 Å². The van der Waals surface area contributed by atoms with Crippen molar-refractivity contribution in [3.8, 4) is 0 Å². The van der Waals surface area contributed by atoms with Crippen LogP contribution < -0.4 is 10.6 Å². The summed E-state index contributed by atoms with van der Waals surface area (Å²) in [5.41, 5.74) is 1.02. The van der Waals surface area contributed by atoms with Gasteiger partial charge in [0.1, 0.15) is 6.04 Å². The van der Waals surface area contributed by atoms with Gasteiger partial charge in [-0.2, -0.15) is 0 Å². The second kappa shape index (κ2) is 8.25. The Morgan fingerprint density at radius 1 is 1.38 bits per heavy atom. The highest BCUT2D eigenvalue weighted by Crippen LogP contribution is 2.26. The average Bonchev–Trinajstić information content (AvgIpc) is 2.95. The van der Waals surface area contributed by atoms with Crippen molar-refractivity contribution in [3.63, 3.8) is 0 Å². The van der Waals surface area contributed by atoms with Crippen molar-refractivity contribution in [1.82, 2.24) is 10.6 Å². The van der Waals surface area contributed by atoms with E-state index in [4.69, 9.17) is 9.84 Å². The van der Waals surface area contributed by atoms with Gasteiger partial charge in [-0.25, -0.2) is 4.79 Å². The summed E-state index contributed by atoms with van der Waals surface area (Å²) in [6, 6.07) is 0.839. The molecule has 1 aliphatic heterocycles. The Morgan fingerprint density at radius 2 is 2.12 bits per heavy atom. The van der Waals surface area contributed by atoms with Gasteiger partial charge in [0.15, 0.2) is 0 Å². The Morgan fingerprint density at radius 3 is 2.75 bits per heavy atom. The van der Waals surface area contributed by atoms with E-state index in [0.29, 0.717) is 24.5 Å². The topological polar surface area (TPSA) is 105 Å². The Balaban J connectivity index is 1.85. The minimum absolute atomic E-state index is 0.139. The third kappa shape index (κ3) is 5.04. The van der Waals surface area contributed by atoms with Crippen LogP contribution in [0, 0.1) is 5.92 Å². The van der Waals surface area contributed by atoms with Crippen molar-refractivity contribution >= 4 is 29.1 Å². The average molecular weight is 354 g/mol. The molecule has 1 atom stereocenters. The number of thiophene rings is 1. The molecule has 0 bridgehead atoms. The predicted octanol–water partition coefficient (Wildman–Crippen LogP) is 1.17. The van der Waals surface area contributed by atoms with E-state index in [-0.39, 0.29) is 18.4 Å². The maximum Gasteiger partial charge on any atom is 0.326 e. The zero-order valence-electron chi connectivity index (χ0n) is 13.8. The molecule has 1 aliphatic rings. The molecule has 0 unspecified atom stereocenters. The van der Waals surface area contributed by atoms with Gasteiger partial charge in [0.05, 0.1) is 24.6 Å². The van der Waals surface area contributed by atoms with Crippen LogP contribution in [0.15, 0.2) is 6.07 Å². The van der Waals surface area contributed by atoms with Gasteiger partial charge in [-0.15, -0.1) is 11.3 Å². The lowest BCUT2D eigenvalue weighted by Crippen LogP contribution is -2.46. The van der Waals surface area contributed by atoms with Crippen molar-refractivity contribution in [3.05, 3.63) is 21.4 Å². The number of fused-ring (bicyclic) bond motifs is 1. The molecule has 0 spiro atoms. The predicted molar refractivity (Wildman–Crippen MR) is 89.0 cm³/mol. The zero-order chi connectivity index (χ0) is 17.7. The molecule has 0 aromatic carbocycles. The van der Waals surface area contributed by atoms with Crippen LogP contribution in [0.4, 0.5) is 0 Å². The molecule has 0 saturated carbocycles. The van der Waals surface area contributed by atoms with Crippen molar-refractivity contribution in [2.75, 3.05) is 13.2 Å². The van der Waals surface area contributed by atoms with Gasteiger partial charge in [0.25, 0.3) is 5.91 Å². The van der Waals surface area contributed by atoms with Crippen LogP contribution in [0.1, 0.15) is 40.4 Å². The van der Waals surface area contributed by atoms with Crippen LogP contribution in [-0.4, -0.2) is 42.1 Å². The quantitative estimate of drug-likeness (QED) is 0.682. The Hall–Kier alpha value is -1.93. The van der Waals surface area contributed by atoms with Crippen molar-refractivity contribution in [2.24, 2.45) is 5.92 Å². The molecule has 2 amide bonds. The van der Waals surface area contributed by atoms with E-state index < -0.39 is 17.9 Å². The minimum atomic E-state index is -1.07. The second-order valence-corrected chi connectivity index (χ2v) is 7.27. The first kappa shape index (κ1) is 18.4. The summed E-state index contributed by atoms with van der Waals surface area (Å²) in [6.45, 7) is 4.68. The second-order valence-electron chi connectivity index (χ2n) is 6.13. The van der Waals surface area contributed by atoms with Gasteiger partial charge >= 0.3 is 5.97 Å². The summed E-state index contributed by atoms with van der Waals surface area (Å²) in [6.07, 6.45) is 1.13. The van der Waals surface area contributed by atoms with E-state index in [2.05, 4.69) is 10.6 Å². The molecular formula is C16H22N2O5S. The number of hydrogen-bond donors (Lipinski definition) is 3. The number of carboxylic acid groups (broad SMARTS) is 1. The number of hydrogen-bond acceptors (Lipinski definition) is 5. The van der Waals surface area contributed by atoms with E-state index in [1.807, 2.05) is 13.8 Å². The molecular weight excluding hydrogens is 332 g/mol. The lowest BCUT2D eigenvalue weighted by molar-refractivity contribution is -0.142. The van der Waals surface area contributed by atoms with E-state index in [1.54, 1.807) is 6.07 Å². The lowest BCUT2D eigenvalue weighted by Gasteiger charge is -2.16. The van der Waals surface area contributed by atoms with Crippen LogP contribution >= 0.6 is 11.3 Å². The Kier molecular flexibility index (Phi) is 6.33. The van der Waals surface area contributed by atoms with E-state index in [9.17, 15) is 14.4 Å². The number of rotatable bonds is 7. The third-order valence-electron chi connectivity index (χ3n) is 3.60. The summed E-state index contributed by atoms with van der Waals surface area (Å²) >= 11 is 1.40. The van der Waals surface area contributed by atoms with Crippen molar-refractivity contribution in [1.29, 1.82) is 0 Å². The van der Waals surface area contributed by atoms with Gasteiger partial charge in [-0.05, 0) is 24.0 Å². The normalized spacial score (nSPS) is 14.8. The first-order valence-electron chi connectivity index (χ1n) is 7.86. The molecule has 3 N–H and O–H groups in total. The molecule has 0 saturated heterocycles. The molecule has 0 radical (unpaired) electrons. The molecule has 1 aromatic heterocycles. The fourth-order valence-electron chi connectivity index (χ4n) is 2.45. The largest absolute Gasteiger partial charge is 0.480 e. The van der Waals surface area contributed by atoms with Gasteiger partial charge in [-0.3, -0.25) is 9.59 Å². The summed E-state index contributed by atoms with van der Waals surface area (Å²) in [7, 11) is 0. The number of ether oxygens (including phenoxy) is 1. The molecule has 2 heterocycles. The fourth-order valence-corrected chi connectivity index (χ4v) is 3.51. The Labute approximate surface area is 144 Å². The summed E-state index contributed by atoms with van der Waals surface area (Å²) < 4.78 is 5.34. The van der Waals surface area contributed by atoms with Crippen molar-refractivity contribution < 1.29 is 24.2 Å². The highest BCUT2D eigenvalue weighted by atomic mass is 32.1. The van der Waals surface area contributed by atoms with Crippen LogP contribution in [0.2, 0.25) is 0 Å². The minimum Gasteiger partial charge on any atom is -0.480 e. The van der Waals surface area contributed by atoms with Gasteiger partial charge < -0.3 is 20.5 Å². The zero-order valence-corrected chi connectivity index (χ0v) is 14.6. The highest BCUT2D eigenvalue weighted by molar-refractivity contribution is 7.14. The summed E-state index contributed by atoms with van der Waals surface area (Å²) in [5, 5.41) is 14.1.